The molecule has 1 aromatic carbocycles. The second-order valence-corrected chi connectivity index (χ2v) is 6.84. The molecule has 2 aromatic rings. The number of aromatic nitrogens is 2. The van der Waals surface area contributed by atoms with E-state index in [-0.39, 0.29) is 11.1 Å². The molecule has 3 nitrogen and oxygen atoms in total. The van der Waals surface area contributed by atoms with Gasteiger partial charge in [0, 0.05) is 11.1 Å². The molecule has 0 fully saturated rings. The minimum atomic E-state index is -0.861. The van der Waals surface area contributed by atoms with Crippen molar-refractivity contribution in [2.24, 2.45) is 0 Å². The lowest BCUT2D eigenvalue weighted by Gasteiger charge is -2.25. The van der Waals surface area contributed by atoms with Crippen molar-refractivity contribution in [1.29, 1.82) is 0 Å². The van der Waals surface area contributed by atoms with Gasteiger partial charge in [-0.2, -0.15) is 0 Å². The summed E-state index contributed by atoms with van der Waals surface area (Å²) in [5.74, 6) is -1.72. The Bertz CT molecular complexity index is 579. The Morgan fingerprint density at radius 2 is 1.05 bits per heavy atom. The maximum Gasteiger partial charge on any atom is 0.165 e. The molecule has 0 amide bonds. The molecule has 5 heteroatoms. The molecule has 0 spiro atoms. The van der Waals surface area contributed by atoms with E-state index in [1.807, 2.05) is 0 Å². The molecule has 0 aliphatic heterocycles. The van der Waals surface area contributed by atoms with Crippen molar-refractivity contribution in [3.8, 4) is 0 Å². The van der Waals surface area contributed by atoms with Crippen molar-refractivity contribution in [2.45, 2.75) is 52.4 Å². The molecule has 0 aliphatic rings. The molecule has 0 unspecified atom stereocenters. The fourth-order valence-corrected chi connectivity index (χ4v) is 2.31. The van der Waals surface area contributed by atoms with E-state index in [2.05, 4.69) is 10.3 Å². The lowest BCUT2D eigenvalue weighted by molar-refractivity contribution is 0.314. The van der Waals surface area contributed by atoms with Gasteiger partial charge in [0.15, 0.2) is 11.6 Å². The van der Waals surface area contributed by atoms with Crippen molar-refractivity contribution < 1.29 is 13.4 Å². The minimum Gasteiger partial charge on any atom is -0.243 e. The first-order chi connectivity index (χ1) is 8.55. The van der Waals surface area contributed by atoms with Crippen LogP contribution >= 0.6 is 0 Å². The van der Waals surface area contributed by atoms with Gasteiger partial charge in [0.1, 0.15) is 11.0 Å². The molecule has 0 saturated carbocycles. The van der Waals surface area contributed by atoms with Crippen molar-refractivity contribution >= 4 is 11.0 Å². The maximum absolute atomic E-state index is 14.4. The van der Waals surface area contributed by atoms with Gasteiger partial charge in [0.25, 0.3) is 0 Å². The van der Waals surface area contributed by atoms with Crippen LogP contribution in [0.1, 0.15) is 52.7 Å². The van der Waals surface area contributed by atoms with Crippen molar-refractivity contribution in [2.75, 3.05) is 0 Å². The van der Waals surface area contributed by atoms with Crippen LogP contribution in [0.4, 0.5) is 8.78 Å². The van der Waals surface area contributed by atoms with Crippen molar-refractivity contribution in [1.82, 2.24) is 10.3 Å². The fraction of sp³-hybridized carbons (Fsp3) is 0.571. The van der Waals surface area contributed by atoms with Crippen LogP contribution in [0, 0.1) is 11.6 Å². The zero-order valence-corrected chi connectivity index (χ0v) is 12.1. The van der Waals surface area contributed by atoms with Gasteiger partial charge in [-0.15, -0.1) is 0 Å². The number of halogens is 2. The SMILES string of the molecule is CC(C)(C)c1c(F)c(F)c(C(C)(C)C)c2nonc12. The Hall–Kier alpha value is -1.52. The molecule has 0 bridgehead atoms. The summed E-state index contributed by atoms with van der Waals surface area (Å²) in [6.45, 7) is 10.8. The predicted molar refractivity (Wildman–Crippen MR) is 69.1 cm³/mol. The molecule has 0 radical (unpaired) electrons. The second-order valence-electron chi connectivity index (χ2n) is 6.84. The van der Waals surface area contributed by atoms with E-state index >= 15 is 0 Å². The smallest absolute Gasteiger partial charge is 0.165 e. The van der Waals surface area contributed by atoms with Gasteiger partial charge in [0.05, 0.1) is 0 Å². The molecule has 0 saturated heterocycles. The molecule has 0 atom stereocenters. The fourth-order valence-electron chi connectivity index (χ4n) is 2.31. The summed E-state index contributed by atoms with van der Waals surface area (Å²) >= 11 is 0. The van der Waals surface area contributed by atoms with Crippen LogP contribution in [0.15, 0.2) is 4.63 Å². The molecular weight excluding hydrogens is 250 g/mol. The number of nitrogens with zero attached hydrogens (tertiary/aromatic N) is 2. The third-order valence-electron chi connectivity index (χ3n) is 3.09. The quantitative estimate of drug-likeness (QED) is 0.722. The molecule has 19 heavy (non-hydrogen) atoms. The molecule has 2 rings (SSSR count). The van der Waals surface area contributed by atoms with Gasteiger partial charge < -0.3 is 0 Å². The van der Waals surface area contributed by atoms with E-state index in [9.17, 15) is 8.78 Å². The van der Waals surface area contributed by atoms with Gasteiger partial charge in [-0.1, -0.05) is 41.5 Å². The van der Waals surface area contributed by atoms with E-state index in [1.54, 1.807) is 41.5 Å². The summed E-state index contributed by atoms with van der Waals surface area (Å²) in [5, 5.41) is 7.54. The highest BCUT2D eigenvalue weighted by Gasteiger charge is 2.34. The summed E-state index contributed by atoms with van der Waals surface area (Å²) in [7, 11) is 0. The van der Waals surface area contributed by atoms with Gasteiger partial charge in [-0.3, -0.25) is 0 Å². The Kier molecular flexibility index (Phi) is 2.92. The number of fused-ring (bicyclic) bond motifs is 1. The second kappa shape index (κ2) is 3.99. The first-order valence-corrected chi connectivity index (χ1v) is 6.19. The van der Waals surface area contributed by atoms with Crippen LogP contribution < -0.4 is 0 Å². The first-order valence-electron chi connectivity index (χ1n) is 6.19. The van der Waals surface area contributed by atoms with Crippen LogP contribution in [0.2, 0.25) is 0 Å². The topological polar surface area (TPSA) is 38.9 Å². The van der Waals surface area contributed by atoms with E-state index in [1.165, 1.54) is 0 Å². The van der Waals surface area contributed by atoms with Crippen LogP contribution in [0.25, 0.3) is 11.0 Å². The molecule has 0 N–H and O–H groups in total. The average molecular weight is 268 g/mol. The highest BCUT2D eigenvalue weighted by Crippen LogP contribution is 2.38. The lowest BCUT2D eigenvalue weighted by Crippen LogP contribution is -2.21. The average Bonchev–Trinajstić information content (AvgIpc) is 2.62. The van der Waals surface area contributed by atoms with Crippen molar-refractivity contribution in [3.05, 3.63) is 22.8 Å². The summed E-state index contributed by atoms with van der Waals surface area (Å²) in [6.07, 6.45) is 0. The van der Waals surface area contributed by atoms with Crippen LogP contribution in [-0.4, -0.2) is 10.3 Å². The molecule has 1 aromatic heterocycles. The third-order valence-corrected chi connectivity index (χ3v) is 3.09. The molecule has 0 aliphatic carbocycles. The third kappa shape index (κ3) is 2.11. The van der Waals surface area contributed by atoms with Crippen LogP contribution in [-0.2, 0) is 10.8 Å². The Morgan fingerprint density at radius 3 is 1.32 bits per heavy atom. The number of hydrogen-bond acceptors (Lipinski definition) is 3. The molecule has 104 valence electrons. The standard InChI is InChI=1S/C14H18F2N2O/c1-13(2,3)7-9(15)10(16)8(14(4,5)6)12-11(7)17-19-18-12/h1-6H3. The van der Waals surface area contributed by atoms with E-state index in [0.717, 1.165) is 0 Å². The lowest BCUT2D eigenvalue weighted by atomic mass is 9.80. The Morgan fingerprint density at radius 1 is 0.737 bits per heavy atom. The summed E-state index contributed by atoms with van der Waals surface area (Å²) < 4.78 is 33.5. The first kappa shape index (κ1) is 13.9. The maximum atomic E-state index is 14.4. The summed E-state index contributed by atoms with van der Waals surface area (Å²) in [5.41, 5.74) is -0.160. The van der Waals surface area contributed by atoms with Gasteiger partial charge in [-0.25, -0.2) is 13.4 Å². The number of hydrogen-bond donors (Lipinski definition) is 0. The number of benzene rings is 1. The predicted octanol–water partition coefficient (Wildman–Crippen LogP) is 4.10. The summed E-state index contributed by atoms with van der Waals surface area (Å²) in [4.78, 5) is 0. The monoisotopic (exact) mass is 268 g/mol. The Labute approximate surface area is 111 Å². The summed E-state index contributed by atoms with van der Waals surface area (Å²) in [6, 6.07) is 0. The van der Waals surface area contributed by atoms with E-state index in [0.29, 0.717) is 11.0 Å². The molecule has 1 heterocycles. The van der Waals surface area contributed by atoms with Gasteiger partial charge >= 0.3 is 0 Å². The zero-order chi connectivity index (χ0) is 14.6. The van der Waals surface area contributed by atoms with Crippen LogP contribution in [0.5, 0.6) is 0 Å². The van der Waals surface area contributed by atoms with Gasteiger partial charge in [-0.05, 0) is 21.1 Å². The highest BCUT2D eigenvalue weighted by atomic mass is 19.2. The van der Waals surface area contributed by atoms with Gasteiger partial charge in [0.2, 0.25) is 0 Å². The number of rotatable bonds is 0. The van der Waals surface area contributed by atoms with E-state index < -0.39 is 22.5 Å². The zero-order valence-electron chi connectivity index (χ0n) is 12.1. The van der Waals surface area contributed by atoms with Crippen molar-refractivity contribution in [3.63, 3.8) is 0 Å². The minimum absolute atomic E-state index is 0.203. The molecular formula is C14H18F2N2O. The van der Waals surface area contributed by atoms with Crippen LogP contribution in [0.3, 0.4) is 0 Å². The highest BCUT2D eigenvalue weighted by molar-refractivity contribution is 5.83. The normalized spacial score (nSPS) is 13.3. The Balaban J connectivity index is 2.99. The largest absolute Gasteiger partial charge is 0.243 e. The van der Waals surface area contributed by atoms with E-state index in [4.69, 9.17) is 4.63 Å².